The molecule has 2 saturated heterocycles. The van der Waals surface area contributed by atoms with E-state index in [0.717, 1.165) is 50.8 Å². The first-order valence-electron chi connectivity index (χ1n) is 12.5. The molecular weight excluding hydrogens is 444 g/mol. The van der Waals surface area contributed by atoms with Gasteiger partial charge in [0.15, 0.2) is 6.61 Å². The van der Waals surface area contributed by atoms with Gasteiger partial charge in [0.2, 0.25) is 0 Å². The smallest absolute Gasteiger partial charge is 0.338 e. The van der Waals surface area contributed by atoms with E-state index in [1.165, 1.54) is 0 Å². The fourth-order valence-electron chi connectivity index (χ4n) is 4.90. The maximum absolute atomic E-state index is 12.6. The highest BCUT2D eigenvalue weighted by Crippen LogP contribution is 2.23. The minimum atomic E-state index is -0.444. The fourth-order valence-corrected chi connectivity index (χ4v) is 4.90. The SMILES string of the molecule is CC1CCCC(C)N1C(=O)COc1ccc(C(=O)OCc2ccc(C(=O)N3CCCC3)cc2)cc1. The number of piperidine rings is 1. The van der Waals surface area contributed by atoms with Crippen molar-refractivity contribution >= 4 is 17.8 Å². The van der Waals surface area contributed by atoms with E-state index in [1.54, 1.807) is 36.4 Å². The lowest BCUT2D eigenvalue weighted by Crippen LogP contribution is -2.49. The first kappa shape index (κ1) is 24.8. The molecule has 2 unspecified atom stereocenters. The van der Waals surface area contributed by atoms with Crippen molar-refractivity contribution in [1.29, 1.82) is 0 Å². The Kier molecular flexibility index (Phi) is 8.06. The number of ether oxygens (including phenoxy) is 2. The third kappa shape index (κ3) is 6.21. The van der Waals surface area contributed by atoms with Crippen LogP contribution in [0.1, 0.15) is 72.2 Å². The Hall–Kier alpha value is -3.35. The van der Waals surface area contributed by atoms with Crippen LogP contribution in [0.15, 0.2) is 48.5 Å². The quantitative estimate of drug-likeness (QED) is 0.550. The van der Waals surface area contributed by atoms with Gasteiger partial charge in [-0.15, -0.1) is 0 Å². The lowest BCUT2D eigenvalue weighted by atomic mass is 9.97. The average Bonchev–Trinajstić information content (AvgIpc) is 3.41. The molecule has 2 aromatic carbocycles. The van der Waals surface area contributed by atoms with Gasteiger partial charge in [0.1, 0.15) is 12.4 Å². The van der Waals surface area contributed by atoms with Gasteiger partial charge >= 0.3 is 5.97 Å². The Morgan fingerprint density at radius 2 is 1.43 bits per heavy atom. The molecule has 2 aliphatic heterocycles. The molecule has 0 aromatic heterocycles. The number of esters is 1. The Morgan fingerprint density at radius 1 is 0.829 bits per heavy atom. The molecule has 2 aliphatic rings. The number of carbonyl (C=O) groups excluding carboxylic acids is 3. The molecule has 2 atom stereocenters. The minimum absolute atomic E-state index is 0.0127. The van der Waals surface area contributed by atoms with E-state index in [0.29, 0.717) is 16.9 Å². The zero-order valence-electron chi connectivity index (χ0n) is 20.6. The molecule has 7 heteroatoms. The summed E-state index contributed by atoms with van der Waals surface area (Å²) in [6, 6.07) is 14.3. The monoisotopic (exact) mass is 478 g/mol. The van der Waals surface area contributed by atoms with E-state index in [2.05, 4.69) is 13.8 Å². The summed E-state index contributed by atoms with van der Waals surface area (Å²) >= 11 is 0. The van der Waals surface area contributed by atoms with E-state index < -0.39 is 5.97 Å². The topological polar surface area (TPSA) is 76.1 Å². The second-order valence-electron chi connectivity index (χ2n) is 9.52. The van der Waals surface area contributed by atoms with Gasteiger partial charge < -0.3 is 19.3 Å². The van der Waals surface area contributed by atoms with E-state index in [4.69, 9.17) is 9.47 Å². The molecule has 0 radical (unpaired) electrons. The van der Waals surface area contributed by atoms with Crippen LogP contribution in [0, 0.1) is 0 Å². The highest BCUT2D eigenvalue weighted by molar-refractivity contribution is 5.94. The van der Waals surface area contributed by atoms with E-state index >= 15 is 0 Å². The van der Waals surface area contributed by atoms with Crippen LogP contribution in [0.3, 0.4) is 0 Å². The van der Waals surface area contributed by atoms with Gasteiger partial charge in [-0.3, -0.25) is 9.59 Å². The first-order chi connectivity index (χ1) is 16.9. The molecule has 7 nitrogen and oxygen atoms in total. The van der Waals surface area contributed by atoms with Gasteiger partial charge in [-0.25, -0.2) is 4.79 Å². The van der Waals surface area contributed by atoms with Gasteiger partial charge in [0.05, 0.1) is 5.56 Å². The van der Waals surface area contributed by atoms with Crippen LogP contribution in [-0.4, -0.2) is 59.4 Å². The molecule has 35 heavy (non-hydrogen) atoms. The predicted octanol–water partition coefficient (Wildman–Crippen LogP) is 4.45. The summed E-state index contributed by atoms with van der Waals surface area (Å²) in [6.45, 7) is 5.89. The number of hydrogen-bond acceptors (Lipinski definition) is 5. The zero-order valence-corrected chi connectivity index (χ0v) is 20.6. The maximum Gasteiger partial charge on any atom is 0.338 e. The van der Waals surface area contributed by atoms with Crippen LogP contribution < -0.4 is 4.74 Å². The molecule has 2 heterocycles. The minimum Gasteiger partial charge on any atom is -0.484 e. The van der Waals surface area contributed by atoms with Gasteiger partial charge in [0, 0.05) is 30.7 Å². The summed E-state index contributed by atoms with van der Waals surface area (Å²) in [5.41, 5.74) is 1.87. The van der Waals surface area contributed by atoms with E-state index in [-0.39, 0.29) is 37.1 Å². The van der Waals surface area contributed by atoms with Gasteiger partial charge in [-0.05, 0) is 87.9 Å². The molecular formula is C28H34N2O5. The largest absolute Gasteiger partial charge is 0.484 e. The number of carbonyl (C=O) groups is 3. The van der Waals surface area contributed by atoms with Gasteiger partial charge in [-0.1, -0.05) is 12.1 Å². The summed E-state index contributed by atoms with van der Waals surface area (Å²) in [5.74, 6) is 0.127. The van der Waals surface area contributed by atoms with Crippen LogP contribution in [0.25, 0.3) is 0 Å². The number of benzene rings is 2. The number of rotatable bonds is 7. The van der Waals surface area contributed by atoms with Crippen molar-refractivity contribution in [3.63, 3.8) is 0 Å². The third-order valence-corrected chi connectivity index (χ3v) is 6.90. The number of likely N-dealkylation sites (tertiary alicyclic amines) is 2. The summed E-state index contributed by atoms with van der Waals surface area (Å²) in [6.07, 6.45) is 5.31. The van der Waals surface area contributed by atoms with Crippen LogP contribution in [0.4, 0.5) is 0 Å². The maximum atomic E-state index is 12.6. The van der Waals surface area contributed by atoms with Crippen LogP contribution in [0.2, 0.25) is 0 Å². The molecule has 2 aromatic rings. The van der Waals surface area contributed by atoms with Crippen LogP contribution in [0.5, 0.6) is 5.75 Å². The first-order valence-corrected chi connectivity index (χ1v) is 12.5. The normalized spacial score (nSPS) is 19.9. The predicted molar refractivity (Wildman–Crippen MR) is 132 cm³/mol. The van der Waals surface area contributed by atoms with Crippen molar-refractivity contribution in [3.8, 4) is 5.75 Å². The highest BCUT2D eigenvalue weighted by atomic mass is 16.5. The molecule has 2 amide bonds. The lowest BCUT2D eigenvalue weighted by Gasteiger charge is -2.38. The van der Waals surface area contributed by atoms with Crippen molar-refractivity contribution in [2.45, 2.75) is 64.6 Å². The molecule has 0 spiro atoms. The molecule has 0 bridgehead atoms. The summed E-state index contributed by atoms with van der Waals surface area (Å²) in [7, 11) is 0. The average molecular weight is 479 g/mol. The summed E-state index contributed by atoms with van der Waals surface area (Å²) in [5, 5.41) is 0. The molecule has 0 aliphatic carbocycles. The fraction of sp³-hybridized carbons (Fsp3) is 0.464. The van der Waals surface area contributed by atoms with Crippen molar-refractivity contribution in [3.05, 3.63) is 65.2 Å². The second kappa shape index (κ2) is 11.4. The Labute approximate surface area is 207 Å². The Morgan fingerprint density at radius 3 is 2.06 bits per heavy atom. The van der Waals surface area contributed by atoms with Crippen molar-refractivity contribution < 1.29 is 23.9 Å². The molecule has 186 valence electrons. The number of hydrogen-bond donors (Lipinski definition) is 0. The lowest BCUT2D eigenvalue weighted by molar-refractivity contribution is -0.139. The van der Waals surface area contributed by atoms with E-state index in [9.17, 15) is 14.4 Å². The van der Waals surface area contributed by atoms with E-state index in [1.807, 2.05) is 21.9 Å². The summed E-state index contributed by atoms with van der Waals surface area (Å²) < 4.78 is 11.1. The van der Waals surface area contributed by atoms with Crippen LogP contribution in [-0.2, 0) is 16.1 Å². The molecule has 0 saturated carbocycles. The number of amides is 2. The highest BCUT2D eigenvalue weighted by Gasteiger charge is 2.29. The molecule has 0 N–H and O–H groups in total. The third-order valence-electron chi connectivity index (χ3n) is 6.90. The van der Waals surface area contributed by atoms with Gasteiger partial charge in [0.25, 0.3) is 11.8 Å². The number of nitrogens with zero attached hydrogens (tertiary/aromatic N) is 2. The second-order valence-corrected chi connectivity index (χ2v) is 9.52. The van der Waals surface area contributed by atoms with Crippen molar-refractivity contribution in [2.75, 3.05) is 19.7 Å². The standard InChI is InChI=1S/C28H34N2O5/c1-20-6-5-7-21(2)30(20)26(31)19-34-25-14-12-24(13-15-25)28(33)35-18-22-8-10-23(11-9-22)27(32)29-16-3-4-17-29/h8-15,20-21H,3-7,16-19H2,1-2H3. The molecule has 2 fully saturated rings. The zero-order chi connectivity index (χ0) is 24.8. The summed E-state index contributed by atoms with van der Waals surface area (Å²) in [4.78, 5) is 41.3. The van der Waals surface area contributed by atoms with Crippen molar-refractivity contribution in [1.82, 2.24) is 9.80 Å². The Bertz CT molecular complexity index is 1020. The Balaban J connectivity index is 1.24. The van der Waals surface area contributed by atoms with Crippen molar-refractivity contribution in [2.24, 2.45) is 0 Å². The molecule has 4 rings (SSSR count). The van der Waals surface area contributed by atoms with Gasteiger partial charge in [-0.2, -0.15) is 0 Å². The van der Waals surface area contributed by atoms with Crippen LogP contribution >= 0.6 is 0 Å².